The lowest BCUT2D eigenvalue weighted by Gasteiger charge is -2.13. The highest BCUT2D eigenvalue weighted by atomic mass is 32.2. The molecule has 3 aromatic carbocycles. The molecule has 4 rings (SSSR count). The maximum atomic E-state index is 14.5. The largest absolute Gasteiger partial charge is 0.355 e. The number of aromatic nitrogens is 3. The topological polar surface area (TPSA) is 59.8 Å². The van der Waals surface area contributed by atoms with Crippen molar-refractivity contribution in [2.75, 3.05) is 12.3 Å². The number of para-hydroxylation sites is 1. The van der Waals surface area contributed by atoms with Crippen LogP contribution in [0.1, 0.15) is 18.4 Å². The number of amides is 1. The Balaban J connectivity index is 1.49. The van der Waals surface area contributed by atoms with Crippen LogP contribution in [0.2, 0.25) is 0 Å². The van der Waals surface area contributed by atoms with E-state index in [1.807, 2.05) is 48.5 Å². The summed E-state index contributed by atoms with van der Waals surface area (Å²) in [5, 5.41) is 12.0. The normalized spacial score (nSPS) is 11.8. The Bertz CT molecular complexity index is 1180. The molecule has 0 saturated heterocycles. The molecule has 0 bridgehead atoms. The standard InChI is InChI=1S/C25H23FN4OS/c1-18(19-10-4-2-5-11-19)16-27-23(31)17-32-25-29-28-24(21-14-8-9-15-22(21)26)30(25)20-12-6-3-7-13-20/h2-15,18H,16-17H2,1H3,(H,27,31). The number of hydrogen-bond donors (Lipinski definition) is 1. The zero-order valence-corrected chi connectivity index (χ0v) is 18.4. The third-order valence-electron chi connectivity index (χ3n) is 5.07. The SMILES string of the molecule is CC(CNC(=O)CSc1nnc(-c2ccccc2F)n1-c1ccccc1)c1ccccc1. The van der Waals surface area contributed by atoms with Crippen LogP contribution in [0.25, 0.3) is 17.1 Å². The molecule has 0 fully saturated rings. The van der Waals surface area contributed by atoms with Gasteiger partial charge in [-0.05, 0) is 35.7 Å². The van der Waals surface area contributed by atoms with E-state index in [2.05, 4.69) is 34.6 Å². The quantitative estimate of drug-likeness (QED) is 0.383. The lowest BCUT2D eigenvalue weighted by Crippen LogP contribution is -2.29. The van der Waals surface area contributed by atoms with Gasteiger partial charge in [0.15, 0.2) is 11.0 Å². The van der Waals surface area contributed by atoms with Gasteiger partial charge in [-0.15, -0.1) is 10.2 Å². The molecule has 0 saturated carbocycles. The summed E-state index contributed by atoms with van der Waals surface area (Å²) >= 11 is 1.27. The monoisotopic (exact) mass is 446 g/mol. The Morgan fingerprint density at radius 2 is 1.62 bits per heavy atom. The number of nitrogens with zero attached hydrogens (tertiary/aromatic N) is 3. The molecule has 0 spiro atoms. The molecular weight excluding hydrogens is 423 g/mol. The van der Waals surface area contributed by atoms with Crippen molar-refractivity contribution in [1.82, 2.24) is 20.1 Å². The summed E-state index contributed by atoms with van der Waals surface area (Å²) in [6.07, 6.45) is 0. The van der Waals surface area contributed by atoms with E-state index < -0.39 is 0 Å². The zero-order valence-electron chi connectivity index (χ0n) is 17.6. The molecule has 0 aliphatic rings. The van der Waals surface area contributed by atoms with E-state index in [1.165, 1.54) is 23.4 Å². The van der Waals surface area contributed by atoms with Gasteiger partial charge in [-0.1, -0.05) is 79.3 Å². The summed E-state index contributed by atoms with van der Waals surface area (Å²) in [4.78, 5) is 12.5. The third kappa shape index (κ3) is 5.06. The minimum Gasteiger partial charge on any atom is -0.355 e. The highest BCUT2D eigenvalue weighted by Gasteiger charge is 2.19. The van der Waals surface area contributed by atoms with E-state index in [-0.39, 0.29) is 23.4 Å². The van der Waals surface area contributed by atoms with E-state index in [0.717, 1.165) is 5.69 Å². The van der Waals surface area contributed by atoms with Gasteiger partial charge in [-0.3, -0.25) is 9.36 Å². The Morgan fingerprint density at radius 3 is 2.34 bits per heavy atom. The first-order valence-electron chi connectivity index (χ1n) is 10.3. The van der Waals surface area contributed by atoms with Crippen molar-refractivity contribution in [2.24, 2.45) is 0 Å². The van der Waals surface area contributed by atoms with Crippen LogP contribution < -0.4 is 5.32 Å². The van der Waals surface area contributed by atoms with Crippen molar-refractivity contribution in [3.05, 3.63) is 96.3 Å². The Hall–Kier alpha value is -3.45. The second-order valence-electron chi connectivity index (χ2n) is 7.36. The van der Waals surface area contributed by atoms with E-state index in [4.69, 9.17) is 0 Å². The van der Waals surface area contributed by atoms with Crippen LogP contribution in [-0.4, -0.2) is 33.0 Å². The van der Waals surface area contributed by atoms with Gasteiger partial charge in [0.25, 0.3) is 0 Å². The zero-order chi connectivity index (χ0) is 22.3. The molecule has 32 heavy (non-hydrogen) atoms. The molecule has 0 aliphatic heterocycles. The average molecular weight is 447 g/mol. The average Bonchev–Trinajstić information content (AvgIpc) is 3.26. The predicted octanol–water partition coefficient (Wildman–Crippen LogP) is 5.09. The first-order chi connectivity index (χ1) is 15.6. The van der Waals surface area contributed by atoms with E-state index in [1.54, 1.807) is 22.8 Å². The van der Waals surface area contributed by atoms with Crippen molar-refractivity contribution in [2.45, 2.75) is 18.0 Å². The van der Waals surface area contributed by atoms with Gasteiger partial charge in [0, 0.05) is 12.2 Å². The fourth-order valence-electron chi connectivity index (χ4n) is 3.34. The van der Waals surface area contributed by atoms with Gasteiger partial charge in [-0.25, -0.2) is 4.39 Å². The van der Waals surface area contributed by atoms with E-state index in [0.29, 0.717) is 23.1 Å². The maximum Gasteiger partial charge on any atom is 0.230 e. The lowest BCUT2D eigenvalue weighted by molar-refractivity contribution is -0.118. The van der Waals surface area contributed by atoms with Crippen LogP contribution in [0.5, 0.6) is 0 Å². The molecule has 1 unspecified atom stereocenters. The smallest absolute Gasteiger partial charge is 0.230 e. The molecular formula is C25H23FN4OS. The summed E-state index contributed by atoms with van der Waals surface area (Å²) in [5.74, 6) is 0.332. The van der Waals surface area contributed by atoms with Gasteiger partial charge < -0.3 is 5.32 Å². The van der Waals surface area contributed by atoms with Crippen molar-refractivity contribution < 1.29 is 9.18 Å². The first kappa shape index (κ1) is 21.8. The lowest BCUT2D eigenvalue weighted by atomic mass is 10.0. The molecule has 1 atom stereocenters. The number of hydrogen-bond acceptors (Lipinski definition) is 4. The fraction of sp³-hybridized carbons (Fsp3) is 0.160. The highest BCUT2D eigenvalue weighted by molar-refractivity contribution is 7.99. The van der Waals surface area contributed by atoms with Gasteiger partial charge in [-0.2, -0.15) is 0 Å². The number of benzene rings is 3. The molecule has 1 N–H and O–H groups in total. The molecule has 1 amide bonds. The minimum atomic E-state index is -0.374. The van der Waals surface area contributed by atoms with Crippen molar-refractivity contribution >= 4 is 17.7 Å². The fourth-order valence-corrected chi connectivity index (χ4v) is 4.12. The van der Waals surface area contributed by atoms with Crippen LogP contribution in [0.3, 0.4) is 0 Å². The number of nitrogens with one attached hydrogen (secondary N) is 1. The minimum absolute atomic E-state index is 0.0900. The molecule has 162 valence electrons. The Labute approximate surface area is 190 Å². The van der Waals surface area contributed by atoms with Gasteiger partial charge in [0.1, 0.15) is 5.82 Å². The van der Waals surface area contributed by atoms with Crippen LogP contribution in [0, 0.1) is 5.82 Å². The van der Waals surface area contributed by atoms with Crippen LogP contribution in [0.15, 0.2) is 90.1 Å². The highest BCUT2D eigenvalue weighted by Crippen LogP contribution is 2.29. The summed E-state index contributed by atoms with van der Waals surface area (Å²) in [6, 6.07) is 26.0. The van der Waals surface area contributed by atoms with E-state index in [9.17, 15) is 9.18 Å². The van der Waals surface area contributed by atoms with Crippen LogP contribution >= 0.6 is 11.8 Å². The molecule has 1 heterocycles. The summed E-state index contributed by atoms with van der Waals surface area (Å²) in [7, 11) is 0. The van der Waals surface area contributed by atoms with Crippen molar-refractivity contribution in [3.8, 4) is 17.1 Å². The van der Waals surface area contributed by atoms with Crippen LogP contribution in [0.4, 0.5) is 4.39 Å². The number of carbonyl (C=O) groups excluding carboxylic acids is 1. The molecule has 1 aromatic heterocycles. The molecule has 0 aliphatic carbocycles. The third-order valence-corrected chi connectivity index (χ3v) is 6.00. The summed E-state index contributed by atoms with van der Waals surface area (Å²) in [6.45, 7) is 2.63. The molecule has 5 nitrogen and oxygen atoms in total. The first-order valence-corrected chi connectivity index (χ1v) is 11.3. The van der Waals surface area contributed by atoms with Gasteiger partial charge in [0.05, 0.1) is 11.3 Å². The Morgan fingerprint density at radius 1 is 0.969 bits per heavy atom. The summed E-state index contributed by atoms with van der Waals surface area (Å²) < 4.78 is 16.2. The van der Waals surface area contributed by atoms with Crippen molar-refractivity contribution in [1.29, 1.82) is 0 Å². The van der Waals surface area contributed by atoms with Gasteiger partial charge in [0.2, 0.25) is 5.91 Å². The maximum absolute atomic E-state index is 14.5. The number of rotatable bonds is 8. The summed E-state index contributed by atoms with van der Waals surface area (Å²) in [5.41, 5.74) is 2.34. The van der Waals surface area contributed by atoms with E-state index >= 15 is 0 Å². The second kappa shape index (κ2) is 10.2. The molecule has 4 aromatic rings. The van der Waals surface area contributed by atoms with Crippen LogP contribution in [-0.2, 0) is 4.79 Å². The Kier molecular flexibility index (Phi) is 6.97. The van der Waals surface area contributed by atoms with Crippen molar-refractivity contribution in [3.63, 3.8) is 0 Å². The number of thioether (sulfide) groups is 1. The number of halogens is 1. The van der Waals surface area contributed by atoms with Gasteiger partial charge >= 0.3 is 0 Å². The predicted molar refractivity (Wildman–Crippen MR) is 125 cm³/mol. The number of carbonyl (C=O) groups is 1. The second-order valence-corrected chi connectivity index (χ2v) is 8.30. The molecule has 0 radical (unpaired) electrons. The molecule has 7 heteroatoms.